The van der Waals surface area contributed by atoms with Crippen LogP contribution >= 0.6 is 0 Å². The van der Waals surface area contributed by atoms with E-state index >= 15 is 0 Å². The summed E-state index contributed by atoms with van der Waals surface area (Å²) in [5.41, 5.74) is 1.15. The highest BCUT2D eigenvalue weighted by Crippen LogP contribution is 2.22. The first-order chi connectivity index (χ1) is 15.6. The molecule has 0 aliphatic carbocycles. The molecule has 0 saturated carbocycles. The second-order valence-corrected chi connectivity index (χ2v) is 10.1. The molecule has 8 nitrogen and oxygen atoms in total. The second-order valence-electron chi connectivity index (χ2n) is 8.12. The molecule has 0 spiro atoms. The van der Waals surface area contributed by atoms with E-state index in [1.54, 1.807) is 41.3 Å². The summed E-state index contributed by atoms with van der Waals surface area (Å²) in [6.45, 7) is 9.19. The number of amides is 2. The minimum Gasteiger partial charge on any atom is -0.373 e. The third-order valence-corrected chi connectivity index (χ3v) is 7.37. The van der Waals surface area contributed by atoms with E-state index in [-0.39, 0.29) is 41.7 Å². The van der Waals surface area contributed by atoms with Crippen LogP contribution in [0.2, 0.25) is 0 Å². The number of hydrogen-bond acceptors (Lipinski definition) is 5. The van der Waals surface area contributed by atoms with E-state index in [4.69, 9.17) is 4.74 Å². The Morgan fingerprint density at radius 3 is 2.24 bits per heavy atom. The van der Waals surface area contributed by atoms with Gasteiger partial charge in [-0.1, -0.05) is 12.1 Å². The van der Waals surface area contributed by atoms with Crippen molar-refractivity contribution >= 4 is 27.5 Å². The fourth-order valence-electron chi connectivity index (χ4n) is 3.90. The van der Waals surface area contributed by atoms with Crippen molar-refractivity contribution in [1.29, 1.82) is 0 Å². The Balaban J connectivity index is 1.79. The van der Waals surface area contributed by atoms with E-state index in [1.165, 1.54) is 16.4 Å². The predicted molar refractivity (Wildman–Crippen MR) is 127 cm³/mol. The van der Waals surface area contributed by atoms with Crippen LogP contribution in [0.4, 0.5) is 5.69 Å². The fourth-order valence-corrected chi connectivity index (χ4v) is 5.54. The van der Waals surface area contributed by atoms with Gasteiger partial charge in [0, 0.05) is 43.0 Å². The van der Waals surface area contributed by atoms with Gasteiger partial charge in [-0.3, -0.25) is 9.59 Å². The lowest BCUT2D eigenvalue weighted by atomic mass is 10.1. The van der Waals surface area contributed by atoms with Crippen LogP contribution in [0.15, 0.2) is 53.4 Å². The molecule has 2 aromatic carbocycles. The molecule has 0 radical (unpaired) electrons. The molecule has 1 aliphatic rings. The SMILES string of the molecule is CCN(CC)C(=O)c1cccc(NC(=O)c2cccc(S(=O)(=O)N3C[C@H](C)O[C@@H](C)C3)c2)c1. The normalized spacial score (nSPS) is 19.2. The molecule has 0 bridgehead atoms. The Bertz CT molecular complexity index is 1100. The summed E-state index contributed by atoms with van der Waals surface area (Å²) in [6, 6.07) is 12.7. The summed E-state index contributed by atoms with van der Waals surface area (Å²) < 4.78 is 33.3. The molecule has 1 N–H and O–H groups in total. The van der Waals surface area contributed by atoms with E-state index in [2.05, 4.69) is 5.32 Å². The van der Waals surface area contributed by atoms with Gasteiger partial charge in [-0.2, -0.15) is 4.31 Å². The summed E-state index contributed by atoms with van der Waals surface area (Å²) in [7, 11) is -3.77. The van der Waals surface area contributed by atoms with Crippen LogP contribution in [0.5, 0.6) is 0 Å². The fraction of sp³-hybridized carbons (Fsp3) is 0.417. The molecular weight excluding hydrogens is 442 g/mol. The zero-order valence-corrected chi connectivity index (χ0v) is 20.3. The molecule has 1 fully saturated rings. The lowest BCUT2D eigenvalue weighted by Gasteiger charge is -2.34. The molecular formula is C24H31N3O5S. The molecule has 33 heavy (non-hydrogen) atoms. The molecule has 2 aromatic rings. The Kier molecular flexibility index (Phi) is 7.88. The van der Waals surface area contributed by atoms with Crippen molar-refractivity contribution in [3.63, 3.8) is 0 Å². The maximum Gasteiger partial charge on any atom is 0.255 e. The first-order valence-corrected chi connectivity index (χ1v) is 12.6. The zero-order chi connectivity index (χ0) is 24.2. The van der Waals surface area contributed by atoms with E-state index < -0.39 is 15.9 Å². The number of ether oxygens (including phenoxy) is 1. The van der Waals surface area contributed by atoms with E-state index in [0.29, 0.717) is 24.3 Å². The van der Waals surface area contributed by atoms with E-state index in [9.17, 15) is 18.0 Å². The van der Waals surface area contributed by atoms with Crippen LogP contribution in [0.1, 0.15) is 48.4 Å². The highest BCUT2D eigenvalue weighted by atomic mass is 32.2. The van der Waals surface area contributed by atoms with Crippen LogP contribution in [0.3, 0.4) is 0 Å². The molecule has 1 heterocycles. The molecule has 0 aromatic heterocycles. The topological polar surface area (TPSA) is 96.0 Å². The van der Waals surface area contributed by atoms with Crippen molar-refractivity contribution in [2.45, 2.75) is 44.8 Å². The number of nitrogens with one attached hydrogen (secondary N) is 1. The maximum atomic E-state index is 13.1. The zero-order valence-electron chi connectivity index (χ0n) is 19.4. The summed E-state index contributed by atoms with van der Waals surface area (Å²) in [6.07, 6.45) is -0.414. The maximum absolute atomic E-state index is 13.1. The van der Waals surface area contributed by atoms with Gasteiger partial charge >= 0.3 is 0 Å². The Morgan fingerprint density at radius 2 is 1.61 bits per heavy atom. The third kappa shape index (κ3) is 5.79. The number of benzene rings is 2. The largest absolute Gasteiger partial charge is 0.373 e. The van der Waals surface area contributed by atoms with Gasteiger partial charge in [-0.05, 0) is 64.1 Å². The van der Waals surface area contributed by atoms with Crippen LogP contribution in [0.25, 0.3) is 0 Å². The number of sulfonamides is 1. The van der Waals surface area contributed by atoms with Crippen LogP contribution in [0, 0.1) is 0 Å². The Hall–Kier alpha value is -2.75. The van der Waals surface area contributed by atoms with Crippen molar-refractivity contribution in [2.24, 2.45) is 0 Å². The smallest absolute Gasteiger partial charge is 0.255 e. The van der Waals surface area contributed by atoms with Crippen molar-refractivity contribution in [3.8, 4) is 0 Å². The van der Waals surface area contributed by atoms with Gasteiger partial charge in [0.15, 0.2) is 0 Å². The first kappa shape index (κ1) is 24.9. The second kappa shape index (κ2) is 10.5. The summed E-state index contributed by atoms with van der Waals surface area (Å²) in [5, 5.41) is 2.76. The van der Waals surface area contributed by atoms with Gasteiger partial charge in [0.2, 0.25) is 10.0 Å². The number of morpholine rings is 1. The number of anilines is 1. The number of nitrogens with zero attached hydrogens (tertiary/aromatic N) is 2. The lowest BCUT2D eigenvalue weighted by molar-refractivity contribution is -0.0440. The number of carbonyl (C=O) groups excluding carboxylic acids is 2. The van der Waals surface area contributed by atoms with E-state index in [0.717, 1.165) is 0 Å². The van der Waals surface area contributed by atoms with Gasteiger partial charge in [-0.25, -0.2) is 8.42 Å². The number of hydrogen-bond donors (Lipinski definition) is 1. The number of rotatable bonds is 7. The van der Waals surface area contributed by atoms with Gasteiger partial charge < -0.3 is 15.0 Å². The Labute approximate surface area is 195 Å². The average Bonchev–Trinajstić information content (AvgIpc) is 2.79. The lowest BCUT2D eigenvalue weighted by Crippen LogP contribution is -2.48. The molecule has 2 amide bonds. The summed E-state index contributed by atoms with van der Waals surface area (Å²) in [5.74, 6) is -0.568. The minimum absolute atomic E-state index is 0.0573. The first-order valence-electron chi connectivity index (χ1n) is 11.1. The quantitative estimate of drug-likeness (QED) is 0.666. The molecule has 3 rings (SSSR count). The van der Waals surface area contributed by atoms with E-state index in [1.807, 2.05) is 27.7 Å². The highest BCUT2D eigenvalue weighted by Gasteiger charge is 2.32. The standard InChI is InChI=1S/C24H31N3O5S/c1-5-26(6-2)24(29)20-10-7-11-21(13-20)25-23(28)19-9-8-12-22(14-19)33(30,31)27-15-17(3)32-18(4)16-27/h7-14,17-18H,5-6,15-16H2,1-4H3,(H,25,28)/t17-,18-/m0/s1. The highest BCUT2D eigenvalue weighted by molar-refractivity contribution is 7.89. The number of carbonyl (C=O) groups is 2. The molecule has 9 heteroatoms. The summed E-state index contributed by atoms with van der Waals surface area (Å²) in [4.78, 5) is 27.2. The molecule has 1 saturated heterocycles. The van der Waals surface area contributed by atoms with Gasteiger partial charge in [0.1, 0.15) is 0 Å². The van der Waals surface area contributed by atoms with Crippen molar-refractivity contribution < 1.29 is 22.7 Å². The molecule has 2 atom stereocenters. The van der Waals surface area contributed by atoms with Crippen LogP contribution in [-0.4, -0.2) is 67.8 Å². The third-order valence-electron chi connectivity index (χ3n) is 5.54. The molecule has 0 unspecified atom stereocenters. The predicted octanol–water partition coefficient (Wildman–Crippen LogP) is 3.22. The average molecular weight is 474 g/mol. The molecule has 1 aliphatic heterocycles. The van der Waals surface area contributed by atoms with Gasteiger partial charge in [-0.15, -0.1) is 0 Å². The van der Waals surface area contributed by atoms with Crippen LogP contribution in [-0.2, 0) is 14.8 Å². The monoisotopic (exact) mass is 473 g/mol. The van der Waals surface area contributed by atoms with Crippen molar-refractivity contribution in [1.82, 2.24) is 9.21 Å². The minimum atomic E-state index is -3.77. The molecule has 178 valence electrons. The summed E-state index contributed by atoms with van der Waals surface area (Å²) >= 11 is 0. The van der Waals surface area contributed by atoms with Gasteiger partial charge in [0.05, 0.1) is 17.1 Å². The Morgan fingerprint density at radius 1 is 1.00 bits per heavy atom. The van der Waals surface area contributed by atoms with Crippen LogP contribution < -0.4 is 5.32 Å². The van der Waals surface area contributed by atoms with Gasteiger partial charge in [0.25, 0.3) is 11.8 Å². The van der Waals surface area contributed by atoms with Crippen molar-refractivity contribution in [3.05, 3.63) is 59.7 Å². The van der Waals surface area contributed by atoms with Crippen molar-refractivity contribution in [2.75, 3.05) is 31.5 Å².